The molecule has 0 aromatic heterocycles. The Morgan fingerprint density at radius 1 is 1.59 bits per heavy atom. The van der Waals surface area contributed by atoms with Crippen molar-refractivity contribution >= 4 is 35.0 Å². The van der Waals surface area contributed by atoms with E-state index >= 15 is 0 Å². The van der Waals surface area contributed by atoms with E-state index in [1.165, 1.54) is 0 Å². The fourth-order valence-electron chi connectivity index (χ4n) is 1.34. The number of rotatable bonds is 5. The molecule has 2 N–H and O–H groups in total. The summed E-state index contributed by atoms with van der Waals surface area (Å²) < 4.78 is 4.89. The van der Waals surface area contributed by atoms with E-state index < -0.39 is 0 Å². The predicted octanol–water partition coefficient (Wildman–Crippen LogP) is 3.36. The van der Waals surface area contributed by atoms with Crippen LogP contribution in [0.5, 0.6) is 0 Å². The Kier molecular flexibility index (Phi) is 5.65. The van der Waals surface area contributed by atoms with E-state index in [4.69, 9.17) is 22.1 Å². The standard InChI is InChI=1S/C12H16ClNO2S/c1-3-16-12(15)6-8(2)17-11-5-4-9(13)7-10(11)14/h4-5,7-8H,3,6,14H2,1-2H3. The van der Waals surface area contributed by atoms with E-state index in [2.05, 4.69) is 0 Å². The van der Waals surface area contributed by atoms with Gasteiger partial charge in [-0.3, -0.25) is 4.79 Å². The summed E-state index contributed by atoms with van der Waals surface area (Å²) in [6, 6.07) is 5.36. The average molecular weight is 274 g/mol. The highest BCUT2D eigenvalue weighted by Gasteiger charge is 2.12. The number of carbonyl (C=O) groups excluding carboxylic acids is 1. The summed E-state index contributed by atoms with van der Waals surface area (Å²) >= 11 is 7.36. The van der Waals surface area contributed by atoms with Crippen molar-refractivity contribution in [2.75, 3.05) is 12.3 Å². The van der Waals surface area contributed by atoms with Crippen molar-refractivity contribution in [1.29, 1.82) is 0 Å². The summed E-state index contributed by atoms with van der Waals surface area (Å²) in [6.45, 7) is 4.18. The minimum absolute atomic E-state index is 0.123. The monoisotopic (exact) mass is 273 g/mol. The van der Waals surface area contributed by atoms with Crippen LogP contribution in [0.1, 0.15) is 20.3 Å². The number of nitrogen functional groups attached to an aromatic ring is 1. The van der Waals surface area contributed by atoms with Crippen LogP contribution in [0.4, 0.5) is 5.69 Å². The quantitative estimate of drug-likeness (QED) is 0.508. The SMILES string of the molecule is CCOC(=O)CC(C)Sc1ccc(Cl)cc1N. The molecular formula is C12H16ClNO2S. The van der Waals surface area contributed by atoms with Gasteiger partial charge in [0, 0.05) is 20.9 Å². The second-order valence-corrected chi connectivity index (χ2v) is 5.54. The lowest BCUT2D eigenvalue weighted by Gasteiger charge is -2.12. The van der Waals surface area contributed by atoms with Crippen LogP contribution < -0.4 is 5.73 Å². The number of esters is 1. The fourth-order valence-corrected chi connectivity index (χ4v) is 2.51. The number of carbonyl (C=O) groups is 1. The van der Waals surface area contributed by atoms with Gasteiger partial charge < -0.3 is 10.5 Å². The Morgan fingerprint density at radius 2 is 2.29 bits per heavy atom. The van der Waals surface area contributed by atoms with Gasteiger partial charge in [-0.05, 0) is 25.1 Å². The molecule has 0 fully saturated rings. The summed E-state index contributed by atoms with van der Waals surface area (Å²) in [5, 5.41) is 0.738. The van der Waals surface area contributed by atoms with Gasteiger partial charge in [-0.1, -0.05) is 18.5 Å². The summed E-state index contributed by atoms with van der Waals surface area (Å²) in [7, 11) is 0. The van der Waals surface area contributed by atoms with Crippen molar-refractivity contribution in [1.82, 2.24) is 0 Å². The van der Waals surface area contributed by atoms with E-state index in [1.54, 1.807) is 30.8 Å². The lowest BCUT2D eigenvalue weighted by atomic mass is 10.3. The maximum absolute atomic E-state index is 11.3. The van der Waals surface area contributed by atoms with Crippen LogP contribution >= 0.6 is 23.4 Å². The van der Waals surface area contributed by atoms with Gasteiger partial charge in [0.05, 0.1) is 13.0 Å². The van der Waals surface area contributed by atoms with Crippen molar-refractivity contribution in [3.05, 3.63) is 23.2 Å². The number of thioether (sulfide) groups is 1. The lowest BCUT2D eigenvalue weighted by Crippen LogP contribution is -2.10. The first kappa shape index (κ1) is 14.2. The van der Waals surface area contributed by atoms with Crippen molar-refractivity contribution in [3.8, 4) is 0 Å². The molecule has 0 amide bonds. The Morgan fingerprint density at radius 3 is 2.88 bits per heavy atom. The average Bonchev–Trinajstić information content (AvgIpc) is 2.22. The van der Waals surface area contributed by atoms with E-state index in [9.17, 15) is 4.79 Å². The van der Waals surface area contributed by atoms with Gasteiger partial charge in [-0.15, -0.1) is 11.8 Å². The third-order valence-corrected chi connectivity index (χ3v) is 3.49. The van der Waals surface area contributed by atoms with Gasteiger partial charge in [0.2, 0.25) is 0 Å². The zero-order chi connectivity index (χ0) is 12.8. The second-order valence-electron chi connectivity index (χ2n) is 3.62. The highest BCUT2D eigenvalue weighted by atomic mass is 35.5. The van der Waals surface area contributed by atoms with Crippen molar-refractivity contribution in [2.45, 2.75) is 30.4 Å². The molecular weight excluding hydrogens is 258 g/mol. The van der Waals surface area contributed by atoms with Gasteiger partial charge in [-0.25, -0.2) is 0 Å². The van der Waals surface area contributed by atoms with Gasteiger partial charge >= 0.3 is 5.97 Å². The first-order valence-corrected chi connectivity index (χ1v) is 6.66. The zero-order valence-electron chi connectivity index (χ0n) is 9.90. The molecule has 1 atom stereocenters. The first-order valence-electron chi connectivity index (χ1n) is 5.40. The van der Waals surface area contributed by atoms with Crippen LogP contribution in [-0.4, -0.2) is 17.8 Å². The van der Waals surface area contributed by atoms with E-state index in [1.807, 2.05) is 13.0 Å². The van der Waals surface area contributed by atoms with Gasteiger partial charge in [0.1, 0.15) is 0 Å². The molecule has 0 spiro atoms. The van der Waals surface area contributed by atoms with Crippen LogP contribution in [0.25, 0.3) is 0 Å². The molecule has 94 valence electrons. The third-order valence-electron chi connectivity index (χ3n) is 2.06. The van der Waals surface area contributed by atoms with Crippen molar-refractivity contribution < 1.29 is 9.53 Å². The molecule has 0 radical (unpaired) electrons. The fraction of sp³-hybridized carbons (Fsp3) is 0.417. The number of anilines is 1. The summed E-state index contributed by atoms with van der Waals surface area (Å²) in [6.07, 6.45) is 0.376. The van der Waals surface area contributed by atoms with Crippen LogP contribution in [-0.2, 0) is 9.53 Å². The number of hydrogen-bond donors (Lipinski definition) is 1. The Hall–Kier alpha value is -0.870. The van der Waals surface area contributed by atoms with Gasteiger partial charge in [-0.2, -0.15) is 0 Å². The van der Waals surface area contributed by atoms with Gasteiger partial charge in [0.15, 0.2) is 0 Å². The number of halogens is 1. The molecule has 1 unspecified atom stereocenters. The molecule has 0 saturated heterocycles. The highest BCUT2D eigenvalue weighted by molar-refractivity contribution is 8.00. The summed E-state index contributed by atoms with van der Waals surface area (Å²) in [5.74, 6) is -0.181. The van der Waals surface area contributed by atoms with Crippen molar-refractivity contribution in [2.24, 2.45) is 0 Å². The van der Waals surface area contributed by atoms with Crippen LogP contribution in [0.15, 0.2) is 23.1 Å². The van der Waals surface area contributed by atoms with E-state index in [0.29, 0.717) is 23.7 Å². The smallest absolute Gasteiger partial charge is 0.306 e. The molecule has 0 bridgehead atoms. The molecule has 0 aliphatic carbocycles. The molecule has 0 aliphatic heterocycles. The number of benzene rings is 1. The Balaban J connectivity index is 2.55. The highest BCUT2D eigenvalue weighted by Crippen LogP contribution is 2.31. The van der Waals surface area contributed by atoms with E-state index in [-0.39, 0.29) is 11.2 Å². The predicted molar refractivity (Wildman–Crippen MR) is 72.4 cm³/mol. The lowest BCUT2D eigenvalue weighted by molar-refractivity contribution is -0.142. The molecule has 0 heterocycles. The van der Waals surface area contributed by atoms with Crippen LogP contribution in [0, 0.1) is 0 Å². The molecule has 0 saturated carbocycles. The molecule has 1 aromatic carbocycles. The van der Waals surface area contributed by atoms with Crippen molar-refractivity contribution in [3.63, 3.8) is 0 Å². The topological polar surface area (TPSA) is 52.3 Å². The normalized spacial score (nSPS) is 12.2. The Bertz CT molecular complexity index is 398. The molecule has 5 heteroatoms. The van der Waals surface area contributed by atoms with Crippen LogP contribution in [0.2, 0.25) is 5.02 Å². The van der Waals surface area contributed by atoms with Crippen LogP contribution in [0.3, 0.4) is 0 Å². The third kappa shape index (κ3) is 4.88. The summed E-state index contributed by atoms with van der Waals surface area (Å²) in [4.78, 5) is 12.2. The molecule has 1 rings (SSSR count). The largest absolute Gasteiger partial charge is 0.466 e. The van der Waals surface area contributed by atoms with Gasteiger partial charge in [0.25, 0.3) is 0 Å². The minimum Gasteiger partial charge on any atom is -0.466 e. The Labute approximate surface area is 111 Å². The zero-order valence-corrected chi connectivity index (χ0v) is 11.5. The second kappa shape index (κ2) is 6.77. The molecule has 17 heavy (non-hydrogen) atoms. The molecule has 3 nitrogen and oxygen atoms in total. The maximum Gasteiger partial charge on any atom is 0.306 e. The number of hydrogen-bond acceptors (Lipinski definition) is 4. The molecule has 0 aliphatic rings. The maximum atomic E-state index is 11.3. The number of nitrogens with two attached hydrogens (primary N) is 1. The minimum atomic E-state index is -0.181. The first-order chi connectivity index (χ1) is 8.02. The molecule has 1 aromatic rings. The summed E-state index contributed by atoms with van der Waals surface area (Å²) in [5.41, 5.74) is 6.47. The van der Waals surface area contributed by atoms with E-state index in [0.717, 1.165) is 4.90 Å². The number of ether oxygens (including phenoxy) is 1.